The van der Waals surface area contributed by atoms with E-state index >= 15 is 0 Å². The summed E-state index contributed by atoms with van der Waals surface area (Å²) in [4.78, 5) is 0. The van der Waals surface area contributed by atoms with Crippen LogP contribution >= 0.6 is 0 Å². The van der Waals surface area contributed by atoms with Gasteiger partial charge in [-0.15, -0.1) is 0 Å². The summed E-state index contributed by atoms with van der Waals surface area (Å²) in [5, 5.41) is 0. The zero-order valence-corrected chi connectivity index (χ0v) is 10.9. The highest BCUT2D eigenvalue weighted by atomic mass is 16.5. The first kappa shape index (κ1) is 12.4. The molecule has 2 N–H and O–H groups in total. The van der Waals surface area contributed by atoms with Gasteiger partial charge in [0.05, 0.1) is 0 Å². The summed E-state index contributed by atoms with van der Waals surface area (Å²) in [5.74, 6) is 1.57. The predicted molar refractivity (Wildman–Crippen MR) is 67.3 cm³/mol. The van der Waals surface area contributed by atoms with Crippen LogP contribution in [0.15, 0.2) is 0 Å². The Morgan fingerprint density at radius 3 is 2.50 bits per heavy atom. The lowest BCUT2D eigenvalue weighted by Crippen LogP contribution is -2.38. The Morgan fingerprint density at radius 2 is 1.94 bits per heavy atom. The molecule has 0 aromatic heterocycles. The molecule has 2 heteroatoms. The molecular weight excluding hydrogens is 198 g/mol. The number of ether oxygens (including phenoxy) is 1. The van der Waals surface area contributed by atoms with Crippen LogP contribution in [0.25, 0.3) is 0 Å². The first-order chi connectivity index (χ1) is 7.59. The second-order valence-electron chi connectivity index (χ2n) is 6.44. The van der Waals surface area contributed by atoms with Gasteiger partial charge in [-0.05, 0) is 49.4 Å². The number of nitrogens with two attached hydrogens (primary N) is 1. The molecule has 0 bridgehead atoms. The Balaban J connectivity index is 1.84. The van der Waals surface area contributed by atoms with Crippen LogP contribution in [0.1, 0.15) is 52.4 Å². The van der Waals surface area contributed by atoms with Crippen LogP contribution in [0.3, 0.4) is 0 Å². The monoisotopic (exact) mass is 225 g/mol. The fraction of sp³-hybridized carbons (Fsp3) is 1.00. The molecule has 2 rings (SSSR count). The lowest BCUT2D eigenvalue weighted by Gasteiger charge is -2.34. The van der Waals surface area contributed by atoms with Crippen LogP contribution in [0.2, 0.25) is 0 Å². The van der Waals surface area contributed by atoms with Crippen molar-refractivity contribution >= 4 is 0 Å². The average molecular weight is 225 g/mol. The van der Waals surface area contributed by atoms with Gasteiger partial charge in [-0.2, -0.15) is 0 Å². The number of hydrogen-bond acceptors (Lipinski definition) is 2. The van der Waals surface area contributed by atoms with E-state index in [4.69, 9.17) is 10.5 Å². The number of rotatable bonds is 3. The Morgan fingerprint density at radius 1 is 1.25 bits per heavy atom. The molecule has 16 heavy (non-hydrogen) atoms. The standard InChI is InChI=1S/C14H27NO/c1-14(2)7-3-4-12(14)13(15)10-11-5-8-16-9-6-11/h11-13H,3-10,15H2,1-2H3. The van der Waals surface area contributed by atoms with Crippen LogP contribution in [0.4, 0.5) is 0 Å². The summed E-state index contributed by atoms with van der Waals surface area (Å²) < 4.78 is 5.41. The van der Waals surface area contributed by atoms with Crippen molar-refractivity contribution < 1.29 is 4.74 Å². The quantitative estimate of drug-likeness (QED) is 0.801. The summed E-state index contributed by atoms with van der Waals surface area (Å²) in [6.45, 7) is 6.69. The van der Waals surface area contributed by atoms with Crippen molar-refractivity contribution in [2.45, 2.75) is 58.4 Å². The fourth-order valence-corrected chi connectivity index (χ4v) is 3.68. The van der Waals surface area contributed by atoms with Gasteiger partial charge < -0.3 is 10.5 Å². The molecule has 0 aromatic carbocycles. The van der Waals surface area contributed by atoms with Crippen LogP contribution < -0.4 is 5.73 Å². The van der Waals surface area contributed by atoms with E-state index < -0.39 is 0 Å². The third-order valence-electron chi connectivity index (χ3n) is 4.80. The number of hydrogen-bond donors (Lipinski definition) is 1. The van der Waals surface area contributed by atoms with E-state index in [1.54, 1.807) is 0 Å². The third-order valence-corrected chi connectivity index (χ3v) is 4.80. The molecular formula is C14H27NO. The molecule has 2 fully saturated rings. The molecule has 2 aliphatic rings. The first-order valence-electron chi connectivity index (χ1n) is 6.93. The van der Waals surface area contributed by atoms with E-state index in [1.165, 1.54) is 38.5 Å². The largest absolute Gasteiger partial charge is 0.381 e. The predicted octanol–water partition coefficient (Wildman–Crippen LogP) is 2.96. The zero-order chi connectivity index (χ0) is 11.6. The molecule has 0 radical (unpaired) electrons. The van der Waals surface area contributed by atoms with E-state index in [0.29, 0.717) is 11.5 Å². The third kappa shape index (κ3) is 2.78. The van der Waals surface area contributed by atoms with Crippen LogP contribution in [-0.4, -0.2) is 19.3 Å². The highest BCUT2D eigenvalue weighted by Crippen LogP contribution is 2.45. The molecule has 0 amide bonds. The molecule has 1 saturated heterocycles. The summed E-state index contributed by atoms with van der Waals surface area (Å²) in [7, 11) is 0. The molecule has 2 atom stereocenters. The lowest BCUT2D eigenvalue weighted by atomic mass is 9.75. The van der Waals surface area contributed by atoms with Gasteiger partial charge in [0.2, 0.25) is 0 Å². The Hall–Kier alpha value is -0.0800. The second kappa shape index (κ2) is 5.05. The molecule has 1 heterocycles. The van der Waals surface area contributed by atoms with Gasteiger partial charge >= 0.3 is 0 Å². The topological polar surface area (TPSA) is 35.2 Å². The molecule has 0 spiro atoms. The summed E-state index contributed by atoms with van der Waals surface area (Å²) in [6, 6.07) is 0.417. The van der Waals surface area contributed by atoms with Gasteiger partial charge in [0.1, 0.15) is 0 Å². The van der Waals surface area contributed by atoms with Gasteiger partial charge in [0.25, 0.3) is 0 Å². The van der Waals surface area contributed by atoms with Crippen molar-refractivity contribution in [3.05, 3.63) is 0 Å². The smallest absolute Gasteiger partial charge is 0.0468 e. The van der Waals surface area contributed by atoms with Gasteiger partial charge in [0, 0.05) is 19.3 Å². The molecule has 0 aromatic rings. The normalized spacial score (nSPS) is 32.8. The molecule has 2 nitrogen and oxygen atoms in total. The minimum Gasteiger partial charge on any atom is -0.381 e. The molecule has 94 valence electrons. The van der Waals surface area contributed by atoms with Crippen molar-refractivity contribution in [2.75, 3.05) is 13.2 Å². The maximum Gasteiger partial charge on any atom is 0.0468 e. The molecule has 1 saturated carbocycles. The Labute approximate surface area is 99.9 Å². The van der Waals surface area contributed by atoms with Crippen molar-refractivity contribution in [2.24, 2.45) is 23.0 Å². The first-order valence-corrected chi connectivity index (χ1v) is 6.93. The Kier molecular flexibility index (Phi) is 3.91. The van der Waals surface area contributed by atoms with Crippen molar-refractivity contribution in [3.63, 3.8) is 0 Å². The Bertz CT molecular complexity index is 221. The maximum absolute atomic E-state index is 6.44. The van der Waals surface area contributed by atoms with Crippen molar-refractivity contribution in [1.82, 2.24) is 0 Å². The van der Waals surface area contributed by atoms with Crippen molar-refractivity contribution in [3.8, 4) is 0 Å². The highest BCUT2D eigenvalue weighted by Gasteiger charge is 2.38. The van der Waals surface area contributed by atoms with Gasteiger partial charge in [-0.1, -0.05) is 20.3 Å². The van der Waals surface area contributed by atoms with Crippen LogP contribution in [-0.2, 0) is 4.74 Å². The average Bonchev–Trinajstić information content (AvgIpc) is 2.59. The van der Waals surface area contributed by atoms with Crippen LogP contribution in [0.5, 0.6) is 0 Å². The van der Waals surface area contributed by atoms with E-state index in [2.05, 4.69) is 13.8 Å². The van der Waals surface area contributed by atoms with Gasteiger partial charge in [-0.3, -0.25) is 0 Å². The van der Waals surface area contributed by atoms with E-state index in [0.717, 1.165) is 25.0 Å². The maximum atomic E-state index is 6.44. The second-order valence-corrected chi connectivity index (χ2v) is 6.44. The SMILES string of the molecule is CC1(C)CCCC1C(N)CC1CCOCC1. The van der Waals surface area contributed by atoms with Crippen LogP contribution in [0, 0.1) is 17.3 Å². The highest BCUT2D eigenvalue weighted by molar-refractivity contribution is 4.91. The van der Waals surface area contributed by atoms with Gasteiger partial charge in [-0.25, -0.2) is 0 Å². The minimum absolute atomic E-state index is 0.417. The van der Waals surface area contributed by atoms with E-state index in [9.17, 15) is 0 Å². The summed E-state index contributed by atoms with van der Waals surface area (Å²) in [6.07, 6.45) is 7.74. The molecule has 1 aliphatic carbocycles. The molecule has 1 aliphatic heterocycles. The zero-order valence-electron chi connectivity index (χ0n) is 10.9. The minimum atomic E-state index is 0.417. The summed E-state index contributed by atoms with van der Waals surface area (Å²) >= 11 is 0. The summed E-state index contributed by atoms with van der Waals surface area (Å²) in [5.41, 5.74) is 6.92. The van der Waals surface area contributed by atoms with E-state index in [-0.39, 0.29) is 0 Å². The van der Waals surface area contributed by atoms with E-state index in [1.807, 2.05) is 0 Å². The van der Waals surface area contributed by atoms with Crippen molar-refractivity contribution in [1.29, 1.82) is 0 Å². The molecule has 2 unspecified atom stereocenters. The lowest BCUT2D eigenvalue weighted by molar-refractivity contribution is 0.0568. The fourth-order valence-electron chi connectivity index (χ4n) is 3.68. The van der Waals surface area contributed by atoms with Gasteiger partial charge in [0.15, 0.2) is 0 Å².